The lowest BCUT2D eigenvalue weighted by Crippen LogP contribution is -2.00. The van der Waals surface area contributed by atoms with Crippen molar-refractivity contribution < 1.29 is 0 Å². The molecule has 0 atom stereocenters. The third-order valence-corrected chi connectivity index (χ3v) is 5.59. The Morgan fingerprint density at radius 2 is 1.34 bits per heavy atom. The quantitative estimate of drug-likeness (QED) is 0.126. The van der Waals surface area contributed by atoms with Gasteiger partial charge in [0.2, 0.25) is 0 Å². The van der Waals surface area contributed by atoms with Gasteiger partial charge in [-0.1, -0.05) is 37.0 Å². The number of rotatable bonds is 3. The van der Waals surface area contributed by atoms with Crippen molar-refractivity contribution in [1.29, 1.82) is 0 Å². The minimum Gasteiger partial charge on any atom is -0.397 e. The highest BCUT2D eigenvalue weighted by Crippen LogP contribution is 2.28. The van der Waals surface area contributed by atoms with E-state index in [1.807, 2.05) is 79.6 Å². The molecular formula is C22H22Br2N8. The maximum atomic E-state index is 8.57. The Kier molecular flexibility index (Phi) is 7.40. The molecule has 0 spiro atoms. The molecule has 0 saturated heterocycles. The lowest BCUT2D eigenvalue weighted by atomic mass is 10.2. The zero-order chi connectivity index (χ0) is 23.4. The van der Waals surface area contributed by atoms with E-state index in [0.29, 0.717) is 5.69 Å². The van der Waals surface area contributed by atoms with E-state index in [2.05, 4.69) is 51.9 Å². The lowest BCUT2D eigenvalue weighted by molar-refractivity contribution is 0.972. The van der Waals surface area contributed by atoms with E-state index in [1.165, 1.54) is 0 Å². The highest BCUT2D eigenvalue weighted by Gasteiger charge is 2.08. The molecule has 2 aromatic heterocycles. The second-order valence-corrected chi connectivity index (χ2v) is 8.96. The lowest BCUT2D eigenvalue weighted by Gasteiger charge is -2.08. The number of nitrogens with zero attached hydrogens (tertiary/aromatic N) is 7. The Morgan fingerprint density at radius 3 is 1.81 bits per heavy atom. The van der Waals surface area contributed by atoms with Gasteiger partial charge in [-0.3, -0.25) is 0 Å². The molecule has 0 radical (unpaired) electrons. The fraction of sp³-hybridized carbons (Fsp3) is 0.182. The van der Waals surface area contributed by atoms with Gasteiger partial charge in [0, 0.05) is 26.3 Å². The Bertz CT molecular complexity index is 1320. The van der Waals surface area contributed by atoms with Gasteiger partial charge in [-0.25, -0.2) is 9.97 Å². The van der Waals surface area contributed by atoms with Crippen LogP contribution in [0.1, 0.15) is 23.0 Å². The third kappa shape index (κ3) is 5.40. The Labute approximate surface area is 203 Å². The molecule has 2 heterocycles. The second kappa shape index (κ2) is 10.0. The van der Waals surface area contributed by atoms with Crippen molar-refractivity contribution in [2.75, 3.05) is 5.73 Å². The van der Waals surface area contributed by atoms with Gasteiger partial charge in [0.25, 0.3) is 0 Å². The van der Waals surface area contributed by atoms with Crippen LogP contribution in [0.2, 0.25) is 0 Å². The maximum absolute atomic E-state index is 8.57. The molecule has 4 aromatic rings. The average molecular weight is 558 g/mol. The van der Waals surface area contributed by atoms with Crippen molar-refractivity contribution in [3.63, 3.8) is 0 Å². The summed E-state index contributed by atoms with van der Waals surface area (Å²) >= 11 is 6.74. The molecular weight excluding hydrogens is 536 g/mol. The molecule has 0 bridgehead atoms. The van der Waals surface area contributed by atoms with Crippen LogP contribution in [-0.2, 0) is 0 Å². The van der Waals surface area contributed by atoms with Crippen LogP contribution in [0, 0.1) is 27.7 Å². The minimum absolute atomic E-state index is 0.572. The maximum Gasteiger partial charge on any atom is 0.110 e. The summed E-state index contributed by atoms with van der Waals surface area (Å²) in [5.74, 6) is 1.81. The predicted octanol–water partition coefficient (Wildman–Crippen LogP) is 7.03. The summed E-state index contributed by atoms with van der Waals surface area (Å²) in [6, 6.07) is 11.4. The number of nitrogens with two attached hydrogens (primary N) is 1. The van der Waals surface area contributed by atoms with Crippen LogP contribution >= 0.6 is 31.9 Å². The highest BCUT2D eigenvalue weighted by atomic mass is 79.9. The van der Waals surface area contributed by atoms with Gasteiger partial charge in [-0.15, -0.1) is 0 Å². The number of anilines is 1. The summed E-state index contributed by atoms with van der Waals surface area (Å²) in [7, 11) is 0. The van der Waals surface area contributed by atoms with E-state index in [1.54, 1.807) is 6.07 Å². The molecule has 4 rings (SSSR count). The molecule has 8 nitrogen and oxygen atoms in total. The topological polar surface area (TPSA) is 110 Å². The summed E-state index contributed by atoms with van der Waals surface area (Å²) in [5.41, 5.74) is 19.6. The van der Waals surface area contributed by atoms with Crippen molar-refractivity contribution in [3.05, 3.63) is 91.2 Å². The van der Waals surface area contributed by atoms with Crippen LogP contribution < -0.4 is 5.73 Å². The molecule has 2 aromatic carbocycles. The Balaban J connectivity index is 0.000000182. The number of imidazole rings is 2. The normalized spacial score (nSPS) is 10.3. The first-order valence-corrected chi connectivity index (χ1v) is 11.2. The molecule has 0 aliphatic heterocycles. The number of hydrogen-bond acceptors (Lipinski definition) is 4. The summed E-state index contributed by atoms with van der Waals surface area (Å²) in [6.45, 7) is 7.78. The Morgan fingerprint density at radius 1 is 0.844 bits per heavy atom. The first-order valence-electron chi connectivity index (χ1n) is 9.65. The average Bonchev–Trinajstić information content (AvgIpc) is 3.22. The van der Waals surface area contributed by atoms with Crippen molar-refractivity contribution in [2.45, 2.75) is 27.7 Å². The number of nitrogen functional groups attached to an aromatic ring is 1. The van der Waals surface area contributed by atoms with E-state index in [-0.39, 0.29) is 0 Å². The molecule has 0 saturated carbocycles. The third-order valence-electron chi connectivity index (χ3n) is 4.60. The summed E-state index contributed by atoms with van der Waals surface area (Å²) < 4.78 is 5.76. The fourth-order valence-corrected chi connectivity index (χ4v) is 4.03. The minimum atomic E-state index is 0.572. The second-order valence-electron chi connectivity index (χ2n) is 7.12. The standard InChI is InChI=1S/C11H10BrN5.C11H12BrN3/c1-7-6-17(8(2)14-7)11-4-3-9(12)5-10(11)15-16-13;1-7-6-15(8(2)14-7)11-4-3-9(12)5-10(11)13/h3-6H,1-2H3;3-6H,13H2,1-2H3. The smallest absolute Gasteiger partial charge is 0.110 e. The largest absolute Gasteiger partial charge is 0.397 e. The monoisotopic (exact) mass is 556 g/mol. The highest BCUT2D eigenvalue weighted by molar-refractivity contribution is 9.10. The number of hydrogen-bond donors (Lipinski definition) is 1. The van der Waals surface area contributed by atoms with Crippen molar-refractivity contribution in [2.24, 2.45) is 5.11 Å². The van der Waals surface area contributed by atoms with E-state index < -0.39 is 0 Å². The fourth-order valence-electron chi connectivity index (χ4n) is 3.30. The van der Waals surface area contributed by atoms with Gasteiger partial charge in [0.05, 0.1) is 34.1 Å². The summed E-state index contributed by atoms with van der Waals surface area (Å²) in [6.07, 6.45) is 3.89. The van der Waals surface area contributed by atoms with Crippen molar-refractivity contribution in [3.8, 4) is 11.4 Å². The van der Waals surface area contributed by atoms with Crippen LogP contribution in [-0.4, -0.2) is 19.1 Å². The van der Waals surface area contributed by atoms with Gasteiger partial charge < -0.3 is 14.9 Å². The number of aromatic nitrogens is 4. The molecule has 0 aliphatic carbocycles. The van der Waals surface area contributed by atoms with Gasteiger partial charge in [-0.05, 0) is 69.6 Å². The SMILES string of the molecule is Cc1cn(-c2ccc(Br)cc2N)c(C)n1.Cc1cn(-c2ccc(Br)cc2N=[N+]=[N-])c(C)n1. The zero-order valence-electron chi connectivity index (χ0n) is 18.1. The first kappa shape index (κ1) is 23.6. The van der Waals surface area contributed by atoms with Crippen LogP contribution in [0.3, 0.4) is 0 Å². The molecule has 32 heavy (non-hydrogen) atoms. The predicted molar refractivity (Wildman–Crippen MR) is 135 cm³/mol. The van der Waals surface area contributed by atoms with Crippen LogP contribution in [0.15, 0.2) is 62.9 Å². The van der Waals surface area contributed by atoms with Crippen LogP contribution in [0.4, 0.5) is 11.4 Å². The molecule has 0 amide bonds. The summed E-state index contributed by atoms with van der Waals surface area (Å²) in [5, 5.41) is 3.70. The van der Waals surface area contributed by atoms with Crippen LogP contribution in [0.5, 0.6) is 0 Å². The number of aryl methyl sites for hydroxylation is 4. The molecule has 10 heteroatoms. The van der Waals surface area contributed by atoms with Gasteiger partial charge in [0.15, 0.2) is 0 Å². The van der Waals surface area contributed by atoms with E-state index >= 15 is 0 Å². The van der Waals surface area contributed by atoms with Gasteiger partial charge in [0.1, 0.15) is 11.6 Å². The zero-order valence-corrected chi connectivity index (χ0v) is 21.3. The number of halogens is 2. The van der Waals surface area contributed by atoms with Gasteiger partial charge >= 0.3 is 0 Å². The van der Waals surface area contributed by atoms with E-state index in [0.717, 1.165) is 49.0 Å². The van der Waals surface area contributed by atoms with E-state index in [4.69, 9.17) is 11.3 Å². The first-order chi connectivity index (χ1) is 15.2. The number of azide groups is 1. The molecule has 2 N–H and O–H groups in total. The molecule has 164 valence electrons. The summed E-state index contributed by atoms with van der Waals surface area (Å²) in [4.78, 5) is 11.5. The molecule has 0 fully saturated rings. The molecule has 0 unspecified atom stereocenters. The Hall–Kier alpha value is -3.07. The van der Waals surface area contributed by atoms with Crippen LogP contribution in [0.25, 0.3) is 21.8 Å². The molecule has 0 aliphatic rings. The van der Waals surface area contributed by atoms with Crippen molar-refractivity contribution in [1.82, 2.24) is 19.1 Å². The van der Waals surface area contributed by atoms with Crippen molar-refractivity contribution >= 4 is 43.2 Å². The number of benzene rings is 2. The van der Waals surface area contributed by atoms with E-state index in [9.17, 15) is 0 Å². The van der Waals surface area contributed by atoms with Gasteiger partial charge in [-0.2, -0.15) is 0 Å².